The molecule has 0 heterocycles. The van der Waals surface area contributed by atoms with Crippen molar-refractivity contribution in [2.45, 2.75) is 51.5 Å². The van der Waals surface area contributed by atoms with E-state index in [1.165, 1.54) is 6.92 Å². The number of ketones is 1. The lowest BCUT2D eigenvalue weighted by Gasteiger charge is -2.37. The van der Waals surface area contributed by atoms with Crippen LogP contribution in [0.5, 0.6) is 0 Å². The number of carbonyl (C=O) groups excluding carboxylic acids is 2. The molecular weight excluding hydrogens is 294 g/mol. The molecule has 1 saturated carbocycles. The normalized spacial score (nSPS) is 24.0. The molecule has 1 aromatic carbocycles. The van der Waals surface area contributed by atoms with Gasteiger partial charge in [0.1, 0.15) is 5.54 Å². The van der Waals surface area contributed by atoms with Crippen molar-refractivity contribution in [2.75, 3.05) is 0 Å². The molecule has 5 nitrogen and oxygen atoms in total. The summed E-state index contributed by atoms with van der Waals surface area (Å²) < 4.78 is 0. The second-order valence-electron chi connectivity index (χ2n) is 6.33. The highest BCUT2D eigenvalue weighted by molar-refractivity contribution is 5.99. The Morgan fingerprint density at radius 3 is 2.09 bits per heavy atom. The number of nitrogens with one attached hydrogen (secondary N) is 1. The van der Waals surface area contributed by atoms with Gasteiger partial charge in [0.05, 0.1) is 0 Å². The van der Waals surface area contributed by atoms with Crippen LogP contribution in [0.25, 0.3) is 0 Å². The maximum absolute atomic E-state index is 12.4. The number of hydrogen-bond acceptors (Lipinski definition) is 3. The Morgan fingerprint density at radius 2 is 1.65 bits per heavy atom. The van der Waals surface area contributed by atoms with E-state index in [9.17, 15) is 19.5 Å². The summed E-state index contributed by atoms with van der Waals surface area (Å²) in [5.41, 5.74) is -0.284. The summed E-state index contributed by atoms with van der Waals surface area (Å²) >= 11 is 0. The van der Waals surface area contributed by atoms with Gasteiger partial charge in [0.15, 0.2) is 5.78 Å². The van der Waals surface area contributed by atoms with E-state index < -0.39 is 17.4 Å². The van der Waals surface area contributed by atoms with Gasteiger partial charge in [-0.2, -0.15) is 0 Å². The van der Waals surface area contributed by atoms with Gasteiger partial charge in [-0.3, -0.25) is 9.59 Å². The fourth-order valence-electron chi connectivity index (χ4n) is 3.12. The molecular formula is C18H23NO4. The second kappa shape index (κ2) is 6.94. The van der Waals surface area contributed by atoms with Crippen molar-refractivity contribution in [2.24, 2.45) is 5.92 Å². The number of carbonyl (C=O) groups is 3. The van der Waals surface area contributed by atoms with E-state index in [1.54, 1.807) is 24.3 Å². The minimum absolute atomic E-state index is 0.0724. The molecule has 0 radical (unpaired) electrons. The van der Waals surface area contributed by atoms with Crippen LogP contribution in [0.2, 0.25) is 0 Å². The van der Waals surface area contributed by atoms with E-state index in [2.05, 4.69) is 12.2 Å². The Labute approximate surface area is 136 Å². The zero-order valence-electron chi connectivity index (χ0n) is 13.6. The van der Waals surface area contributed by atoms with Crippen LogP contribution >= 0.6 is 0 Å². The van der Waals surface area contributed by atoms with E-state index in [-0.39, 0.29) is 5.78 Å². The highest BCUT2D eigenvalue weighted by Gasteiger charge is 2.43. The Bertz CT molecular complexity index is 598. The molecule has 2 N–H and O–H groups in total. The van der Waals surface area contributed by atoms with Crippen LogP contribution in [-0.2, 0) is 4.79 Å². The zero-order chi connectivity index (χ0) is 17.0. The number of aliphatic carboxylic acids is 1. The summed E-state index contributed by atoms with van der Waals surface area (Å²) in [6.45, 7) is 3.56. The fraction of sp³-hybridized carbons (Fsp3) is 0.500. The van der Waals surface area contributed by atoms with Crippen LogP contribution in [0, 0.1) is 5.92 Å². The molecule has 0 spiro atoms. The van der Waals surface area contributed by atoms with Crippen molar-refractivity contribution >= 4 is 17.7 Å². The van der Waals surface area contributed by atoms with Crippen LogP contribution in [0.15, 0.2) is 24.3 Å². The maximum Gasteiger partial charge on any atom is 0.329 e. The van der Waals surface area contributed by atoms with Crippen molar-refractivity contribution in [3.05, 3.63) is 35.4 Å². The Kier molecular flexibility index (Phi) is 5.19. The number of rotatable bonds is 5. The molecule has 0 unspecified atom stereocenters. The lowest BCUT2D eigenvalue weighted by molar-refractivity contribution is -0.146. The van der Waals surface area contributed by atoms with Crippen molar-refractivity contribution in [1.29, 1.82) is 0 Å². The molecule has 124 valence electrons. The second-order valence-corrected chi connectivity index (χ2v) is 6.33. The molecule has 1 aromatic rings. The number of benzene rings is 1. The van der Waals surface area contributed by atoms with Crippen molar-refractivity contribution < 1.29 is 19.5 Å². The molecule has 0 aromatic heterocycles. The quantitative estimate of drug-likeness (QED) is 0.818. The monoisotopic (exact) mass is 317 g/mol. The van der Waals surface area contributed by atoms with E-state index in [1.807, 2.05) is 0 Å². The van der Waals surface area contributed by atoms with E-state index in [4.69, 9.17) is 0 Å². The molecule has 2 rings (SSSR count). The summed E-state index contributed by atoms with van der Waals surface area (Å²) in [5.74, 6) is -0.913. The highest BCUT2D eigenvalue weighted by atomic mass is 16.4. The largest absolute Gasteiger partial charge is 0.480 e. The van der Waals surface area contributed by atoms with Crippen molar-refractivity contribution in [3.63, 3.8) is 0 Å². The van der Waals surface area contributed by atoms with Crippen LogP contribution in [0.1, 0.15) is 66.7 Å². The van der Waals surface area contributed by atoms with Crippen molar-refractivity contribution in [3.8, 4) is 0 Å². The Morgan fingerprint density at radius 1 is 1.13 bits per heavy atom. The van der Waals surface area contributed by atoms with Gasteiger partial charge in [-0.15, -0.1) is 0 Å². The van der Waals surface area contributed by atoms with Crippen LogP contribution in [0.3, 0.4) is 0 Å². The third kappa shape index (κ3) is 3.78. The van der Waals surface area contributed by atoms with Crippen LogP contribution in [0.4, 0.5) is 0 Å². The van der Waals surface area contributed by atoms with E-state index in [0.29, 0.717) is 29.9 Å². The van der Waals surface area contributed by atoms with Crippen molar-refractivity contribution in [1.82, 2.24) is 5.32 Å². The molecule has 23 heavy (non-hydrogen) atoms. The average molecular weight is 317 g/mol. The molecule has 1 aliphatic carbocycles. The highest BCUT2D eigenvalue weighted by Crippen LogP contribution is 2.34. The number of hydrogen-bond donors (Lipinski definition) is 2. The summed E-state index contributed by atoms with van der Waals surface area (Å²) in [5, 5.41) is 12.3. The number of carboxylic acid groups (broad SMARTS) is 1. The summed E-state index contributed by atoms with van der Waals surface area (Å²) in [4.78, 5) is 35.4. The van der Waals surface area contributed by atoms with Gasteiger partial charge < -0.3 is 10.4 Å². The maximum atomic E-state index is 12.4. The summed E-state index contributed by atoms with van der Waals surface area (Å²) in [6, 6.07) is 6.27. The molecule has 0 atom stereocenters. The van der Waals surface area contributed by atoms with Gasteiger partial charge in [0, 0.05) is 11.1 Å². The first-order valence-corrected chi connectivity index (χ1v) is 8.05. The number of amides is 1. The molecule has 0 bridgehead atoms. The van der Waals surface area contributed by atoms with Gasteiger partial charge in [0.2, 0.25) is 0 Å². The minimum atomic E-state index is -1.18. The number of carboxylic acids is 1. The first-order valence-electron chi connectivity index (χ1n) is 8.05. The fourth-order valence-corrected chi connectivity index (χ4v) is 3.12. The molecule has 1 aliphatic rings. The lowest BCUT2D eigenvalue weighted by Crippen LogP contribution is -2.56. The van der Waals surface area contributed by atoms with Gasteiger partial charge in [0.25, 0.3) is 5.91 Å². The summed E-state index contributed by atoms with van der Waals surface area (Å²) in [7, 11) is 0. The molecule has 0 saturated heterocycles. The third-order valence-electron chi connectivity index (χ3n) is 4.85. The van der Waals surface area contributed by atoms with Crippen LogP contribution < -0.4 is 5.32 Å². The minimum Gasteiger partial charge on any atom is -0.480 e. The SMILES string of the molecule is CCC1CCC(NC(=O)c2ccc(C(C)=O)cc2)(C(=O)O)CC1. The zero-order valence-corrected chi connectivity index (χ0v) is 13.6. The lowest BCUT2D eigenvalue weighted by atomic mass is 9.75. The van der Waals surface area contributed by atoms with Gasteiger partial charge in [-0.05, 0) is 50.7 Å². The molecule has 5 heteroatoms. The molecule has 0 aliphatic heterocycles. The van der Waals surface area contributed by atoms with E-state index in [0.717, 1.165) is 19.3 Å². The Balaban J connectivity index is 2.12. The van der Waals surface area contributed by atoms with Crippen LogP contribution in [-0.4, -0.2) is 28.3 Å². The summed E-state index contributed by atoms with van der Waals surface area (Å²) in [6.07, 6.45) is 3.57. The third-order valence-corrected chi connectivity index (χ3v) is 4.85. The van der Waals surface area contributed by atoms with Gasteiger partial charge >= 0.3 is 5.97 Å². The van der Waals surface area contributed by atoms with E-state index >= 15 is 0 Å². The first-order chi connectivity index (χ1) is 10.9. The Hall–Kier alpha value is -2.17. The standard InChI is InChI=1S/C18H23NO4/c1-3-13-8-10-18(11-9-13,17(22)23)19-16(21)15-6-4-14(5-7-15)12(2)20/h4-7,13H,3,8-11H2,1-2H3,(H,19,21)(H,22,23). The molecule has 1 fully saturated rings. The van der Waals surface area contributed by atoms with Gasteiger partial charge in [-0.1, -0.05) is 25.5 Å². The predicted octanol–water partition coefficient (Wildman–Crippen LogP) is 3.04. The average Bonchev–Trinajstić information content (AvgIpc) is 2.55. The molecule has 1 amide bonds. The van der Waals surface area contributed by atoms with Gasteiger partial charge in [-0.25, -0.2) is 4.79 Å². The first kappa shape index (κ1) is 17.2. The smallest absolute Gasteiger partial charge is 0.329 e. The number of Topliss-reactive ketones (excluding diaryl/α,β-unsaturated/α-hetero) is 1. The topological polar surface area (TPSA) is 83.5 Å². The predicted molar refractivity (Wildman–Crippen MR) is 86.5 cm³/mol.